The van der Waals surface area contributed by atoms with Crippen LogP contribution in [0, 0.1) is 5.92 Å². The predicted molar refractivity (Wildman–Crippen MR) is 113 cm³/mol. The monoisotopic (exact) mass is 431 g/mol. The Morgan fingerprint density at radius 1 is 1.00 bits per heavy atom. The number of nitrogens with one attached hydrogen (secondary N) is 1. The molecule has 0 radical (unpaired) electrons. The molecule has 12 N–H and O–H groups in total. The number of carboxylic acids is 1. The largest absolute Gasteiger partial charge is 0.480 e. The zero-order chi connectivity index (χ0) is 23.3. The summed E-state index contributed by atoms with van der Waals surface area (Å²) in [7, 11) is 0. The van der Waals surface area contributed by atoms with Gasteiger partial charge < -0.3 is 38.5 Å². The van der Waals surface area contributed by atoms with Gasteiger partial charge in [0.15, 0.2) is 5.96 Å². The van der Waals surface area contributed by atoms with E-state index in [2.05, 4.69) is 10.3 Å². The first kappa shape index (κ1) is 27.7. The molecule has 0 saturated carbocycles. The maximum absolute atomic E-state index is 12.1. The van der Waals surface area contributed by atoms with Crippen molar-refractivity contribution in [3.8, 4) is 0 Å². The van der Waals surface area contributed by atoms with E-state index in [0.29, 0.717) is 32.2 Å². The van der Waals surface area contributed by atoms with Crippen molar-refractivity contribution >= 4 is 23.9 Å². The van der Waals surface area contributed by atoms with E-state index in [9.17, 15) is 19.5 Å². The van der Waals surface area contributed by atoms with E-state index >= 15 is 0 Å². The molecular weight excluding hydrogens is 394 g/mol. The lowest BCUT2D eigenvalue weighted by Gasteiger charge is -2.22. The maximum Gasteiger partial charge on any atom is 0.330 e. The Kier molecular flexibility index (Phi) is 13.5. The zero-order valence-electron chi connectivity index (χ0n) is 17.8. The number of rotatable bonds is 15. The van der Waals surface area contributed by atoms with Crippen LogP contribution in [0.5, 0.6) is 0 Å². The molecule has 0 aromatic heterocycles. The minimum absolute atomic E-state index is 0.0526. The van der Waals surface area contributed by atoms with Crippen LogP contribution >= 0.6 is 0 Å². The Labute approximate surface area is 176 Å². The Bertz CT molecular complexity index is 581. The smallest absolute Gasteiger partial charge is 0.330 e. The quantitative estimate of drug-likeness (QED) is 0.0507. The highest BCUT2D eigenvalue weighted by molar-refractivity contribution is 5.90. The minimum atomic E-state index is -1.13. The lowest BCUT2D eigenvalue weighted by atomic mass is 10.0. The summed E-state index contributed by atoms with van der Waals surface area (Å²) >= 11 is 0. The third-order valence-corrected chi connectivity index (χ3v) is 4.23. The summed E-state index contributed by atoms with van der Waals surface area (Å²) in [5.41, 5.74) is 27.7. The molecular formula is C18H37N7O5. The van der Waals surface area contributed by atoms with E-state index in [-0.39, 0.29) is 24.7 Å². The van der Waals surface area contributed by atoms with Crippen LogP contribution in [0.1, 0.15) is 52.4 Å². The molecule has 0 aromatic carbocycles. The molecule has 2 unspecified atom stereocenters. The van der Waals surface area contributed by atoms with Crippen LogP contribution in [0.3, 0.4) is 0 Å². The average molecular weight is 432 g/mol. The molecule has 30 heavy (non-hydrogen) atoms. The Morgan fingerprint density at radius 2 is 1.57 bits per heavy atom. The molecule has 0 heterocycles. The Balaban J connectivity index is 4.78. The molecule has 12 heteroatoms. The summed E-state index contributed by atoms with van der Waals surface area (Å²) in [6, 6.07) is -2.94. The minimum Gasteiger partial charge on any atom is -0.480 e. The fourth-order valence-corrected chi connectivity index (χ4v) is 2.64. The highest BCUT2D eigenvalue weighted by Crippen LogP contribution is 2.10. The van der Waals surface area contributed by atoms with Gasteiger partial charge in [-0.1, -0.05) is 20.3 Å². The first-order valence-electron chi connectivity index (χ1n) is 10.0. The van der Waals surface area contributed by atoms with Crippen molar-refractivity contribution in [3.63, 3.8) is 0 Å². The number of aliphatic carboxylic acids is 1. The van der Waals surface area contributed by atoms with Crippen molar-refractivity contribution in [1.82, 2.24) is 5.32 Å². The first-order valence-corrected chi connectivity index (χ1v) is 10.0. The number of nitrogens with zero attached hydrogens (tertiary/aromatic N) is 1. The second-order valence-electron chi connectivity index (χ2n) is 7.57. The summed E-state index contributed by atoms with van der Waals surface area (Å²) in [5, 5.41) is 12.2. The van der Waals surface area contributed by atoms with E-state index < -0.39 is 42.2 Å². The van der Waals surface area contributed by atoms with Crippen molar-refractivity contribution in [1.29, 1.82) is 0 Å². The fraction of sp³-hybridized carbons (Fsp3) is 0.778. The van der Waals surface area contributed by atoms with Gasteiger partial charge in [0.2, 0.25) is 0 Å². The molecule has 0 aromatic rings. The standard InChI is InChI=1S/C18H37N7O5/c1-10(2)9-13(15(26)27)24-14(25-18(22)23)7-6-12(21)17(29)30-16(28)11(20)5-3-4-8-19/h10-14,24H,3-9,19-21H2,1-2H3,(H,26,27)(H4,22,23,25)/t11-,12?,13-,14?/m0/s1. The van der Waals surface area contributed by atoms with Gasteiger partial charge in [-0.15, -0.1) is 0 Å². The maximum atomic E-state index is 12.1. The lowest BCUT2D eigenvalue weighted by Crippen LogP contribution is -2.46. The predicted octanol–water partition coefficient (Wildman–Crippen LogP) is -1.69. The van der Waals surface area contributed by atoms with Crippen molar-refractivity contribution < 1.29 is 24.2 Å². The number of carboxylic acid groups (broad SMARTS) is 1. The van der Waals surface area contributed by atoms with Gasteiger partial charge in [0, 0.05) is 0 Å². The third-order valence-electron chi connectivity index (χ3n) is 4.23. The van der Waals surface area contributed by atoms with Gasteiger partial charge in [-0.05, 0) is 44.6 Å². The topological polar surface area (TPSA) is 235 Å². The van der Waals surface area contributed by atoms with Crippen molar-refractivity contribution in [3.05, 3.63) is 0 Å². The molecule has 0 aliphatic heterocycles. The number of nitrogens with two attached hydrogens (primary N) is 5. The van der Waals surface area contributed by atoms with Crippen molar-refractivity contribution in [2.45, 2.75) is 76.7 Å². The summed E-state index contributed by atoms with van der Waals surface area (Å²) in [4.78, 5) is 39.3. The highest BCUT2D eigenvalue weighted by atomic mass is 16.6. The number of unbranched alkanes of at least 4 members (excludes halogenated alkanes) is 1. The van der Waals surface area contributed by atoms with Gasteiger partial charge in [-0.3, -0.25) is 10.1 Å². The molecule has 4 atom stereocenters. The number of carbonyl (C=O) groups excluding carboxylic acids is 2. The normalized spacial score (nSPS) is 15.1. The van der Waals surface area contributed by atoms with Crippen molar-refractivity contribution in [2.75, 3.05) is 6.54 Å². The number of hydrogen-bond acceptors (Lipinski definition) is 9. The number of ether oxygens (including phenoxy) is 1. The van der Waals surface area contributed by atoms with Crippen LogP contribution in [0.4, 0.5) is 0 Å². The first-order chi connectivity index (χ1) is 14.0. The van der Waals surface area contributed by atoms with E-state index in [0.717, 1.165) is 0 Å². The molecule has 0 amide bonds. The molecule has 174 valence electrons. The molecule has 0 saturated heterocycles. The van der Waals surface area contributed by atoms with Gasteiger partial charge in [-0.2, -0.15) is 0 Å². The summed E-state index contributed by atoms with van der Waals surface area (Å²) < 4.78 is 4.73. The van der Waals surface area contributed by atoms with Gasteiger partial charge in [0.1, 0.15) is 24.3 Å². The number of guanidine groups is 1. The van der Waals surface area contributed by atoms with Crippen molar-refractivity contribution in [2.24, 2.45) is 39.6 Å². The van der Waals surface area contributed by atoms with Crippen LogP contribution in [0.25, 0.3) is 0 Å². The van der Waals surface area contributed by atoms with Gasteiger partial charge in [-0.25, -0.2) is 14.6 Å². The number of aliphatic imine (C=N–C) groups is 1. The second-order valence-corrected chi connectivity index (χ2v) is 7.57. The molecule has 0 bridgehead atoms. The summed E-state index contributed by atoms with van der Waals surface area (Å²) in [6.07, 6.45) is 1.48. The van der Waals surface area contributed by atoms with E-state index in [1.54, 1.807) is 0 Å². The lowest BCUT2D eigenvalue weighted by molar-refractivity contribution is -0.161. The van der Waals surface area contributed by atoms with Gasteiger partial charge in [0.25, 0.3) is 0 Å². The van der Waals surface area contributed by atoms with E-state index in [1.807, 2.05) is 13.8 Å². The molecule has 0 rings (SSSR count). The van der Waals surface area contributed by atoms with Crippen LogP contribution in [0.15, 0.2) is 4.99 Å². The number of esters is 2. The number of carbonyl (C=O) groups is 3. The summed E-state index contributed by atoms with van der Waals surface area (Å²) in [6.45, 7) is 4.25. The summed E-state index contributed by atoms with van der Waals surface area (Å²) in [5.74, 6) is -2.94. The van der Waals surface area contributed by atoms with Gasteiger partial charge >= 0.3 is 17.9 Å². The highest BCUT2D eigenvalue weighted by Gasteiger charge is 2.26. The van der Waals surface area contributed by atoms with Crippen LogP contribution in [0.2, 0.25) is 0 Å². The van der Waals surface area contributed by atoms with Crippen LogP contribution < -0.4 is 34.0 Å². The van der Waals surface area contributed by atoms with E-state index in [1.165, 1.54) is 0 Å². The Morgan fingerprint density at radius 3 is 2.03 bits per heavy atom. The molecule has 12 nitrogen and oxygen atoms in total. The van der Waals surface area contributed by atoms with Gasteiger partial charge in [0.05, 0.1) is 0 Å². The van der Waals surface area contributed by atoms with E-state index in [4.69, 9.17) is 33.4 Å². The average Bonchev–Trinajstić information content (AvgIpc) is 2.64. The van der Waals surface area contributed by atoms with Crippen LogP contribution in [-0.2, 0) is 19.1 Å². The number of hydrogen-bond donors (Lipinski definition) is 7. The second kappa shape index (κ2) is 14.7. The zero-order valence-corrected chi connectivity index (χ0v) is 17.8. The molecule has 0 aliphatic carbocycles. The molecule has 0 fully saturated rings. The molecule has 0 spiro atoms. The Hall–Kier alpha value is -2.28. The third kappa shape index (κ3) is 12.3. The fourth-order valence-electron chi connectivity index (χ4n) is 2.64. The molecule has 0 aliphatic rings. The SMILES string of the molecule is CC(C)C[C@H](NC(CCC(N)C(=O)OC(=O)[C@@H](N)CCCCN)N=C(N)N)C(=O)O. The van der Waals surface area contributed by atoms with Crippen LogP contribution in [-0.4, -0.2) is 59.8 Å².